The molecule has 1 heterocycles. The molecule has 130 valence electrons. The number of urea groups is 1. The highest BCUT2D eigenvalue weighted by Gasteiger charge is 2.31. The highest BCUT2D eigenvalue weighted by atomic mass is 16.2. The van der Waals surface area contributed by atoms with E-state index in [1.807, 2.05) is 60.7 Å². The van der Waals surface area contributed by atoms with Gasteiger partial charge >= 0.3 is 6.03 Å². The summed E-state index contributed by atoms with van der Waals surface area (Å²) in [4.78, 5) is 27.0. The average Bonchev–Trinajstić information content (AvgIpc) is 2.89. The molecule has 2 aromatic carbocycles. The number of hydrogen-bond acceptors (Lipinski definition) is 3. The van der Waals surface area contributed by atoms with Gasteiger partial charge in [-0.3, -0.25) is 4.79 Å². The quantitative estimate of drug-likeness (QED) is 0.805. The SMILES string of the molecule is O=C(Nc1ccccc1)C1CNCCCN1C(=O)Nc1ccccc1. The van der Waals surface area contributed by atoms with E-state index in [4.69, 9.17) is 0 Å². The molecule has 0 bridgehead atoms. The summed E-state index contributed by atoms with van der Waals surface area (Å²) in [5.74, 6) is -0.191. The highest BCUT2D eigenvalue weighted by molar-refractivity contribution is 5.99. The minimum absolute atomic E-state index is 0.191. The van der Waals surface area contributed by atoms with E-state index in [9.17, 15) is 9.59 Å². The predicted molar refractivity (Wildman–Crippen MR) is 98.5 cm³/mol. The lowest BCUT2D eigenvalue weighted by molar-refractivity contribution is -0.120. The van der Waals surface area contributed by atoms with Crippen molar-refractivity contribution >= 4 is 23.3 Å². The van der Waals surface area contributed by atoms with Crippen molar-refractivity contribution < 1.29 is 9.59 Å². The van der Waals surface area contributed by atoms with Gasteiger partial charge in [0, 0.05) is 24.5 Å². The molecule has 1 saturated heterocycles. The van der Waals surface area contributed by atoms with E-state index in [1.165, 1.54) is 0 Å². The van der Waals surface area contributed by atoms with Crippen LogP contribution in [0.2, 0.25) is 0 Å². The van der Waals surface area contributed by atoms with Crippen molar-refractivity contribution in [2.75, 3.05) is 30.3 Å². The van der Waals surface area contributed by atoms with Gasteiger partial charge in [-0.2, -0.15) is 0 Å². The maximum absolute atomic E-state index is 12.7. The molecule has 1 unspecified atom stereocenters. The van der Waals surface area contributed by atoms with Gasteiger partial charge in [-0.1, -0.05) is 36.4 Å². The lowest BCUT2D eigenvalue weighted by Crippen LogP contribution is -2.52. The van der Waals surface area contributed by atoms with Crippen LogP contribution in [0.1, 0.15) is 6.42 Å². The zero-order valence-electron chi connectivity index (χ0n) is 13.9. The van der Waals surface area contributed by atoms with Gasteiger partial charge in [0.2, 0.25) is 5.91 Å². The number of carbonyl (C=O) groups excluding carboxylic acids is 2. The standard InChI is InChI=1S/C19H22N4O2/c24-18(21-15-8-3-1-4-9-15)17-14-20-12-7-13-23(17)19(25)22-16-10-5-2-6-11-16/h1-6,8-11,17,20H,7,12-14H2,(H,21,24)(H,22,25). The minimum Gasteiger partial charge on any atom is -0.324 e. The molecule has 0 saturated carbocycles. The Bertz CT molecular complexity index is 644. The molecule has 25 heavy (non-hydrogen) atoms. The van der Waals surface area contributed by atoms with Crippen LogP contribution < -0.4 is 16.0 Å². The van der Waals surface area contributed by atoms with Gasteiger partial charge in [0.25, 0.3) is 0 Å². The molecule has 0 radical (unpaired) electrons. The summed E-state index contributed by atoms with van der Waals surface area (Å²) in [5, 5.41) is 8.99. The second-order valence-electron chi connectivity index (χ2n) is 5.92. The van der Waals surface area contributed by atoms with Crippen LogP contribution in [0, 0.1) is 0 Å². The van der Waals surface area contributed by atoms with Gasteiger partial charge in [-0.25, -0.2) is 4.79 Å². The Hall–Kier alpha value is -2.86. The van der Waals surface area contributed by atoms with Crippen molar-refractivity contribution in [3.63, 3.8) is 0 Å². The van der Waals surface area contributed by atoms with Crippen LogP contribution in [0.25, 0.3) is 0 Å². The summed E-state index contributed by atoms with van der Waals surface area (Å²) in [5.41, 5.74) is 1.44. The van der Waals surface area contributed by atoms with E-state index in [-0.39, 0.29) is 11.9 Å². The van der Waals surface area contributed by atoms with Gasteiger partial charge < -0.3 is 20.9 Å². The zero-order chi connectivity index (χ0) is 17.5. The Labute approximate surface area is 147 Å². The van der Waals surface area contributed by atoms with Crippen molar-refractivity contribution in [3.8, 4) is 0 Å². The van der Waals surface area contributed by atoms with Crippen LogP contribution in [0.5, 0.6) is 0 Å². The molecular weight excluding hydrogens is 316 g/mol. The third-order valence-corrected chi connectivity index (χ3v) is 4.10. The topological polar surface area (TPSA) is 73.5 Å². The molecule has 3 rings (SSSR count). The van der Waals surface area contributed by atoms with E-state index in [0.717, 1.165) is 18.7 Å². The van der Waals surface area contributed by atoms with Crippen molar-refractivity contribution in [1.82, 2.24) is 10.2 Å². The van der Waals surface area contributed by atoms with Gasteiger partial charge in [-0.15, -0.1) is 0 Å². The molecule has 6 heteroatoms. The number of para-hydroxylation sites is 2. The number of nitrogens with zero attached hydrogens (tertiary/aromatic N) is 1. The second-order valence-corrected chi connectivity index (χ2v) is 5.92. The molecule has 1 atom stereocenters. The average molecular weight is 338 g/mol. The van der Waals surface area contributed by atoms with Crippen molar-refractivity contribution in [2.24, 2.45) is 0 Å². The lowest BCUT2D eigenvalue weighted by atomic mass is 10.2. The van der Waals surface area contributed by atoms with Crippen LogP contribution >= 0.6 is 0 Å². The normalized spacial score (nSPS) is 17.4. The molecule has 2 aromatic rings. The fraction of sp³-hybridized carbons (Fsp3) is 0.263. The Morgan fingerprint density at radius 3 is 2.16 bits per heavy atom. The Morgan fingerprint density at radius 2 is 1.52 bits per heavy atom. The van der Waals surface area contributed by atoms with E-state index in [1.54, 1.807) is 4.90 Å². The molecule has 0 aliphatic carbocycles. The number of carbonyl (C=O) groups is 2. The van der Waals surface area contributed by atoms with Crippen LogP contribution in [0.3, 0.4) is 0 Å². The van der Waals surface area contributed by atoms with Crippen molar-refractivity contribution in [3.05, 3.63) is 60.7 Å². The monoisotopic (exact) mass is 338 g/mol. The van der Waals surface area contributed by atoms with Crippen molar-refractivity contribution in [2.45, 2.75) is 12.5 Å². The molecule has 1 aliphatic heterocycles. The summed E-state index contributed by atoms with van der Waals surface area (Å²) >= 11 is 0. The number of hydrogen-bond donors (Lipinski definition) is 3. The third-order valence-electron chi connectivity index (χ3n) is 4.10. The zero-order valence-corrected chi connectivity index (χ0v) is 13.9. The number of amides is 3. The Balaban J connectivity index is 1.72. The minimum atomic E-state index is -0.564. The first-order valence-electron chi connectivity index (χ1n) is 8.43. The third kappa shape index (κ3) is 4.58. The first-order chi connectivity index (χ1) is 12.2. The maximum atomic E-state index is 12.7. The van der Waals surface area contributed by atoms with Crippen LogP contribution in [0.4, 0.5) is 16.2 Å². The van der Waals surface area contributed by atoms with E-state index >= 15 is 0 Å². The van der Waals surface area contributed by atoms with Gasteiger partial charge in [0.1, 0.15) is 6.04 Å². The molecular formula is C19H22N4O2. The van der Waals surface area contributed by atoms with Crippen LogP contribution in [0.15, 0.2) is 60.7 Å². The Kier molecular flexibility index (Phi) is 5.64. The molecule has 0 spiro atoms. The second kappa shape index (κ2) is 8.30. The lowest BCUT2D eigenvalue weighted by Gasteiger charge is -2.29. The van der Waals surface area contributed by atoms with Gasteiger partial charge in [0.05, 0.1) is 0 Å². The molecule has 1 fully saturated rings. The fourth-order valence-electron chi connectivity index (χ4n) is 2.82. The van der Waals surface area contributed by atoms with Crippen LogP contribution in [-0.4, -0.2) is 42.5 Å². The smallest absolute Gasteiger partial charge is 0.322 e. The number of nitrogens with one attached hydrogen (secondary N) is 3. The largest absolute Gasteiger partial charge is 0.324 e. The number of rotatable bonds is 3. The number of benzene rings is 2. The highest BCUT2D eigenvalue weighted by Crippen LogP contribution is 2.13. The molecule has 3 N–H and O–H groups in total. The van der Waals surface area contributed by atoms with Gasteiger partial charge in [-0.05, 0) is 37.2 Å². The summed E-state index contributed by atoms with van der Waals surface area (Å²) < 4.78 is 0. The first kappa shape index (κ1) is 17.0. The summed E-state index contributed by atoms with van der Waals surface area (Å²) in [6, 6.07) is 17.7. The predicted octanol–water partition coefficient (Wildman–Crippen LogP) is 2.52. The summed E-state index contributed by atoms with van der Waals surface area (Å²) in [7, 11) is 0. The fourth-order valence-corrected chi connectivity index (χ4v) is 2.82. The maximum Gasteiger partial charge on any atom is 0.322 e. The van der Waals surface area contributed by atoms with E-state index in [0.29, 0.717) is 18.8 Å². The van der Waals surface area contributed by atoms with Gasteiger partial charge in [0.15, 0.2) is 0 Å². The van der Waals surface area contributed by atoms with E-state index in [2.05, 4.69) is 16.0 Å². The summed E-state index contributed by atoms with van der Waals surface area (Å²) in [6.07, 6.45) is 0.803. The molecule has 6 nitrogen and oxygen atoms in total. The molecule has 3 amide bonds. The first-order valence-corrected chi connectivity index (χ1v) is 8.43. The molecule has 1 aliphatic rings. The van der Waals surface area contributed by atoms with Crippen molar-refractivity contribution in [1.29, 1.82) is 0 Å². The van der Waals surface area contributed by atoms with E-state index < -0.39 is 6.04 Å². The summed E-state index contributed by atoms with van der Waals surface area (Å²) in [6.45, 7) is 1.74. The number of anilines is 2. The van der Waals surface area contributed by atoms with Crippen LogP contribution in [-0.2, 0) is 4.79 Å². The Morgan fingerprint density at radius 1 is 0.920 bits per heavy atom. The molecule has 0 aromatic heterocycles.